The van der Waals surface area contributed by atoms with Crippen LogP contribution in [0.1, 0.15) is 67.2 Å². The van der Waals surface area contributed by atoms with E-state index in [9.17, 15) is 4.79 Å². The fourth-order valence-corrected chi connectivity index (χ4v) is 6.86. The normalized spacial score (nSPS) is 14.6. The predicted octanol–water partition coefficient (Wildman–Crippen LogP) is 8.08. The highest BCUT2D eigenvalue weighted by molar-refractivity contribution is 5.76. The maximum Gasteiger partial charge on any atom is 0.329 e. The molecule has 0 unspecified atom stereocenters. The molecule has 0 spiro atoms. The van der Waals surface area contributed by atoms with Gasteiger partial charge in [-0.3, -0.25) is 9.13 Å². The minimum atomic E-state index is 0.169. The van der Waals surface area contributed by atoms with Crippen molar-refractivity contribution >= 4 is 11.0 Å². The van der Waals surface area contributed by atoms with Crippen molar-refractivity contribution in [2.24, 2.45) is 0 Å². The second kappa shape index (κ2) is 13.8. The van der Waals surface area contributed by atoms with Crippen molar-refractivity contribution in [3.05, 3.63) is 142 Å². The summed E-state index contributed by atoms with van der Waals surface area (Å²) in [5, 5.41) is 0. The molecular formula is C38H43N3O. The van der Waals surface area contributed by atoms with Crippen molar-refractivity contribution < 1.29 is 0 Å². The number of para-hydroxylation sites is 2. The van der Waals surface area contributed by atoms with E-state index in [1.54, 1.807) is 0 Å². The third-order valence-corrected chi connectivity index (χ3v) is 9.10. The topological polar surface area (TPSA) is 30.2 Å². The molecular weight excluding hydrogens is 514 g/mol. The van der Waals surface area contributed by atoms with Gasteiger partial charge in [0.05, 0.1) is 11.0 Å². The molecule has 0 N–H and O–H groups in total. The highest BCUT2D eigenvalue weighted by Crippen LogP contribution is 2.30. The zero-order valence-electron chi connectivity index (χ0n) is 24.7. The van der Waals surface area contributed by atoms with Crippen LogP contribution in [0.4, 0.5) is 0 Å². The highest BCUT2D eigenvalue weighted by atomic mass is 16.1. The van der Waals surface area contributed by atoms with Crippen molar-refractivity contribution in [1.82, 2.24) is 14.0 Å². The first-order chi connectivity index (χ1) is 20.8. The SMILES string of the molecule is O=c1n(CCCCc2ccccc2)c2ccccc2n1C1CCN(CCCC(c2ccccc2)c2ccccc2)CC1. The van der Waals surface area contributed by atoms with Crippen LogP contribution in [0.2, 0.25) is 0 Å². The number of imidazole rings is 1. The Labute approximate surface area is 250 Å². The lowest BCUT2D eigenvalue weighted by Gasteiger charge is -2.33. The van der Waals surface area contributed by atoms with Gasteiger partial charge in [-0.05, 0) is 80.3 Å². The van der Waals surface area contributed by atoms with Crippen LogP contribution in [-0.4, -0.2) is 33.7 Å². The van der Waals surface area contributed by atoms with Crippen LogP contribution in [0.15, 0.2) is 120 Å². The molecule has 1 saturated heterocycles. The number of hydrogen-bond acceptors (Lipinski definition) is 2. The van der Waals surface area contributed by atoms with E-state index in [0.29, 0.717) is 5.92 Å². The molecule has 0 radical (unpaired) electrons. The fraction of sp³-hybridized carbons (Fsp3) is 0.342. The van der Waals surface area contributed by atoms with Crippen molar-refractivity contribution in [2.75, 3.05) is 19.6 Å². The largest absolute Gasteiger partial charge is 0.329 e. The Hall–Kier alpha value is -3.89. The quantitative estimate of drug-likeness (QED) is 0.145. The molecule has 2 heterocycles. The molecule has 5 aromatic rings. The zero-order valence-corrected chi connectivity index (χ0v) is 24.7. The third-order valence-electron chi connectivity index (χ3n) is 9.10. The molecule has 0 aliphatic carbocycles. The summed E-state index contributed by atoms with van der Waals surface area (Å²) in [6.07, 6.45) is 7.53. The number of rotatable bonds is 12. The van der Waals surface area contributed by atoms with Gasteiger partial charge >= 0.3 is 5.69 Å². The number of likely N-dealkylation sites (tertiary alicyclic amines) is 1. The van der Waals surface area contributed by atoms with E-state index in [2.05, 4.69) is 125 Å². The third kappa shape index (κ3) is 6.60. The van der Waals surface area contributed by atoms with Crippen LogP contribution < -0.4 is 5.69 Å². The monoisotopic (exact) mass is 557 g/mol. The van der Waals surface area contributed by atoms with E-state index in [1.165, 1.54) is 23.1 Å². The minimum Gasteiger partial charge on any atom is -0.303 e. The van der Waals surface area contributed by atoms with E-state index in [1.807, 2.05) is 4.57 Å². The van der Waals surface area contributed by atoms with Gasteiger partial charge in [-0.1, -0.05) is 103 Å². The Morgan fingerprint density at radius 3 is 1.83 bits per heavy atom. The Kier molecular flexibility index (Phi) is 9.31. The molecule has 1 fully saturated rings. The Balaban J connectivity index is 1.06. The van der Waals surface area contributed by atoms with Gasteiger partial charge in [-0.25, -0.2) is 4.79 Å². The molecule has 1 aliphatic heterocycles. The van der Waals surface area contributed by atoms with Crippen molar-refractivity contribution in [3.8, 4) is 0 Å². The summed E-state index contributed by atoms with van der Waals surface area (Å²) in [6.45, 7) is 3.99. The van der Waals surface area contributed by atoms with Crippen LogP contribution in [0.3, 0.4) is 0 Å². The summed E-state index contributed by atoms with van der Waals surface area (Å²) < 4.78 is 4.14. The number of benzene rings is 4. The average molecular weight is 558 g/mol. The van der Waals surface area contributed by atoms with Crippen molar-refractivity contribution in [2.45, 2.75) is 63.5 Å². The molecule has 6 rings (SSSR count). The molecule has 0 atom stereocenters. The fourth-order valence-electron chi connectivity index (χ4n) is 6.86. The van der Waals surface area contributed by atoms with E-state index < -0.39 is 0 Å². The molecule has 42 heavy (non-hydrogen) atoms. The molecule has 1 aromatic heterocycles. The molecule has 4 aromatic carbocycles. The van der Waals surface area contributed by atoms with Crippen LogP contribution in [-0.2, 0) is 13.0 Å². The van der Waals surface area contributed by atoms with Gasteiger partial charge in [0.15, 0.2) is 0 Å². The second-order valence-electron chi connectivity index (χ2n) is 11.8. The Bertz CT molecular complexity index is 1540. The maximum absolute atomic E-state index is 13.8. The first-order valence-electron chi connectivity index (χ1n) is 15.8. The van der Waals surface area contributed by atoms with Crippen molar-refractivity contribution in [3.63, 3.8) is 0 Å². The number of piperidine rings is 1. The number of fused-ring (bicyclic) bond motifs is 1. The van der Waals surface area contributed by atoms with Gasteiger partial charge < -0.3 is 4.90 Å². The Morgan fingerprint density at radius 1 is 0.619 bits per heavy atom. The van der Waals surface area contributed by atoms with Gasteiger partial charge in [0.1, 0.15) is 0 Å². The minimum absolute atomic E-state index is 0.169. The predicted molar refractivity (Wildman–Crippen MR) is 174 cm³/mol. The Morgan fingerprint density at radius 2 is 1.19 bits per heavy atom. The zero-order chi connectivity index (χ0) is 28.6. The lowest BCUT2D eigenvalue weighted by atomic mass is 9.87. The summed E-state index contributed by atoms with van der Waals surface area (Å²) in [6, 6.07) is 41.2. The molecule has 0 amide bonds. The number of aromatic nitrogens is 2. The maximum atomic E-state index is 13.8. The molecule has 4 heteroatoms. The lowest BCUT2D eigenvalue weighted by Crippen LogP contribution is -2.38. The molecule has 0 bridgehead atoms. The summed E-state index contributed by atoms with van der Waals surface area (Å²) in [4.78, 5) is 16.4. The van der Waals surface area contributed by atoms with E-state index in [-0.39, 0.29) is 11.7 Å². The molecule has 216 valence electrons. The van der Waals surface area contributed by atoms with Gasteiger partial charge in [-0.15, -0.1) is 0 Å². The molecule has 4 nitrogen and oxygen atoms in total. The van der Waals surface area contributed by atoms with Crippen LogP contribution in [0.5, 0.6) is 0 Å². The first-order valence-corrected chi connectivity index (χ1v) is 15.8. The number of aryl methyl sites for hydroxylation is 2. The molecule has 1 aliphatic rings. The van der Waals surface area contributed by atoms with Gasteiger partial charge in [0, 0.05) is 31.6 Å². The van der Waals surface area contributed by atoms with Crippen LogP contribution in [0.25, 0.3) is 11.0 Å². The van der Waals surface area contributed by atoms with Crippen molar-refractivity contribution in [1.29, 1.82) is 0 Å². The van der Waals surface area contributed by atoms with Gasteiger partial charge in [0.25, 0.3) is 0 Å². The average Bonchev–Trinajstić information content (AvgIpc) is 3.33. The molecule has 0 saturated carbocycles. The van der Waals surface area contributed by atoms with E-state index in [4.69, 9.17) is 0 Å². The van der Waals surface area contributed by atoms with Crippen LogP contribution in [0, 0.1) is 0 Å². The van der Waals surface area contributed by atoms with E-state index >= 15 is 0 Å². The standard InChI is InChI=1S/C38H43N3O/c42-38-40(28-13-12-17-31-15-4-1-5-16-31)36-23-10-11-24-37(36)41(38)34-25-29-39(30-26-34)27-14-22-35(32-18-6-2-7-19-32)33-20-8-3-9-21-33/h1-11,15-16,18-21,23-24,34-35H,12-14,17,22,25-30H2. The lowest BCUT2D eigenvalue weighted by molar-refractivity contribution is 0.183. The smallest absolute Gasteiger partial charge is 0.303 e. The van der Waals surface area contributed by atoms with E-state index in [0.717, 1.165) is 75.7 Å². The van der Waals surface area contributed by atoms with Gasteiger partial charge in [-0.2, -0.15) is 0 Å². The first kappa shape index (κ1) is 28.2. The van der Waals surface area contributed by atoms with Gasteiger partial charge in [0.2, 0.25) is 0 Å². The van der Waals surface area contributed by atoms with Crippen LogP contribution >= 0.6 is 0 Å². The highest BCUT2D eigenvalue weighted by Gasteiger charge is 2.25. The summed E-state index contributed by atoms with van der Waals surface area (Å²) in [5.74, 6) is 0.433. The summed E-state index contributed by atoms with van der Waals surface area (Å²) in [7, 11) is 0. The number of hydrogen-bond donors (Lipinski definition) is 0. The number of unbranched alkanes of at least 4 members (excludes halogenated alkanes) is 1. The summed E-state index contributed by atoms with van der Waals surface area (Å²) >= 11 is 0. The number of nitrogens with zero attached hydrogens (tertiary/aromatic N) is 3. The second-order valence-corrected chi connectivity index (χ2v) is 11.8. The summed E-state index contributed by atoms with van der Waals surface area (Å²) in [5.41, 5.74) is 6.52.